The first-order valence-electron chi connectivity index (χ1n) is 7.54. The van der Waals surface area contributed by atoms with Crippen LogP contribution in [0.2, 0.25) is 0 Å². The first-order valence-corrected chi connectivity index (χ1v) is 8.66. The molecule has 0 aromatic heterocycles. The first kappa shape index (κ1) is 16.0. The molecule has 2 rings (SSSR count). The second-order valence-corrected chi connectivity index (χ2v) is 7.08. The zero-order chi connectivity index (χ0) is 14.6. The van der Waals surface area contributed by atoms with Crippen LogP contribution in [0, 0.1) is 0 Å². The fourth-order valence-electron chi connectivity index (χ4n) is 3.24. The summed E-state index contributed by atoms with van der Waals surface area (Å²) in [6, 6.07) is 10.8. The number of likely N-dealkylation sites (N-methyl/N-ethyl adjacent to an activating group) is 2. The van der Waals surface area contributed by atoms with Crippen LogP contribution in [0.3, 0.4) is 0 Å². The Balaban J connectivity index is 1.94. The minimum atomic E-state index is 0.419. The molecule has 0 spiro atoms. The number of hydrogen-bond acceptors (Lipinski definition) is 2. The highest BCUT2D eigenvalue weighted by atomic mass is 79.9. The summed E-state index contributed by atoms with van der Waals surface area (Å²) >= 11 is 3.68. The average Bonchev–Trinajstić information content (AvgIpc) is 2.40. The molecule has 3 heteroatoms. The van der Waals surface area contributed by atoms with Gasteiger partial charge in [-0.3, -0.25) is 0 Å². The van der Waals surface area contributed by atoms with Crippen LogP contribution in [0.5, 0.6) is 0 Å². The van der Waals surface area contributed by atoms with E-state index in [-0.39, 0.29) is 0 Å². The van der Waals surface area contributed by atoms with E-state index in [9.17, 15) is 0 Å². The molecule has 1 fully saturated rings. The minimum absolute atomic E-state index is 0.419. The summed E-state index contributed by atoms with van der Waals surface area (Å²) in [5.74, 6) is 0.570. The zero-order valence-corrected chi connectivity index (χ0v) is 14.6. The Hall–Kier alpha value is -0.380. The third kappa shape index (κ3) is 3.63. The fraction of sp³-hybridized carbons (Fsp3) is 0.647. The molecule has 1 aliphatic carbocycles. The van der Waals surface area contributed by atoms with Crippen molar-refractivity contribution in [2.45, 2.75) is 30.7 Å². The van der Waals surface area contributed by atoms with Crippen molar-refractivity contribution in [1.29, 1.82) is 0 Å². The number of halogens is 1. The van der Waals surface area contributed by atoms with Crippen LogP contribution in [-0.4, -0.2) is 54.9 Å². The number of alkyl halides is 1. The number of hydrogen-bond donors (Lipinski definition) is 0. The minimum Gasteiger partial charge on any atom is -0.304 e. The van der Waals surface area contributed by atoms with Gasteiger partial charge in [-0.15, -0.1) is 0 Å². The summed E-state index contributed by atoms with van der Waals surface area (Å²) in [5, 5.41) is 1.02. The van der Waals surface area contributed by atoms with Crippen LogP contribution in [0.4, 0.5) is 0 Å². The van der Waals surface area contributed by atoms with Crippen molar-refractivity contribution in [1.82, 2.24) is 9.80 Å². The lowest BCUT2D eigenvalue weighted by Gasteiger charge is -2.49. The number of nitrogens with zero attached hydrogens (tertiary/aromatic N) is 2. The molecular weight excluding hydrogens is 312 g/mol. The largest absolute Gasteiger partial charge is 0.304 e. The van der Waals surface area contributed by atoms with Gasteiger partial charge in [0.05, 0.1) is 0 Å². The van der Waals surface area contributed by atoms with Gasteiger partial charge in [0.2, 0.25) is 0 Å². The summed E-state index contributed by atoms with van der Waals surface area (Å²) in [6.07, 6.45) is 4.07. The Labute approximate surface area is 132 Å². The molecule has 0 radical (unpaired) electrons. The van der Waals surface area contributed by atoms with Gasteiger partial charge in [0.25, 0.3) is 0 Å². The lowest BCUT2D eigenvalue weighted by molar-refractivity contribution is 0.0269. The molecule has 1 unspecified atom stereocenters. The molecule has 1 aromatic carbocycles. The fourth-order valence-corrected chi connectivity index (χ4v) is 3.82. The van der Waals surface area contributed by atoms with Crippen LogP contribution in [0.1, 0.15) is 30.7 Å². The van der Waals surface area contributed by atoms with E-state index in [0.717, 1.165) is 11.9 Å². The highest BCUT2D eigenvalue weighted by molar-refractivity contribution is 9.09. The van der Waals surface area contributed by atoms with Gasteiger partial charge in [-0.05, 0) is 46.0 Å². The highest BCUT2D eigenvalue weighted by Gasteiger charge is 2.39. The molecule has 0 saturated heterocycles. The molecule has 1 atom stereocenters. The van der Waals surface area contributed by atoms with E-state index in [2.05, 4.69) is 77.2 Å². The van der Waals surface area contributed by atoms with Crippen LogP contribution < -0.4 is 0 Å². The predicted octanol–water partition coefficient (Wildman–Crippen LogP) is 3.58. The molecule has 0 amide bonds. The maximum atomic E-state index is 3.68. The zero-order valence-electron chi connectivity index (χ0n) is 13.0. The Morgan fingerprint density at radius 3 is 2.25 bits per heavy atom. The SMILES string of the molecule is CN(CC(CBr)c1ccccc1)CC1(N(C)C)CCC1. The lowest BCUT2D eigenvalue weighted by atomic mass is 9.75. The molecule has 0 aliphatic heterocycles. The summed E-state index contributed by atoms with van der Waals surface area (Å²) in [6.45, 7) is 2.29. The topological polar surface area (TPSA) is 6.48 Å². The molecular formula is C17H27BrN2. The van der Waals surface area contributed by atoms with E-state index in [1.165, 1.54) is 31.4 Å². The Morgan fingerprint density at radius 1 is 1.15 bits per heavy atom. The van der Waals surface area contributed by atoms with E-state index < -0.39 is 0 Å². The first-order chi connectivity index (χ1) is 9.57. The van der Waals surface area contributed by atoms with E-state index >= 15 is 0 Å². The Morgan fingerprint density at radius 2 is 1.80 bits per heavy atom. The number of rotatable bonds is 7. The van der Waals surface area contributed by atoms with Gasteiger partial charge < -0.3 is 9.80 Å². The van der Waals surface area contributed by atoms with Gasteiger partial charge in [-0.25, -0.2) is 0 Å². The van der Waals surface area contributed by atoms with Gasteiger partial charge in [-0.1, -0.05) is 46.3 Å². The molecule has 1 aromatic rings. The molecule has 2 nitrogen and oxygen atoms in total. The highest BCUT2D eigenvalue weighted by Crippen LogP contribution is 2.37. The van der Waals surface area contributed by atoms with E-state index in [0.29, 0.717) is 11.5 Å². The van der Waals surface area contributed by atoms with Crippen LogP contribution in [0.25, 0.3) is 0 Å². The summed E-state index contributed by atoms with van der Waals surface area (Å²) in [5.41, 5.74) is 1.85. The van der Waals surface area contributed by atoms with Gasteiger partial charge in [0.15, 0.2) is 0 Å². The van der Waals surface area contributed by atoms with Gasteiger partial charge in [-0.2, -0.15) is 0 Å². The van der Waals surface area contributed by atoms with Crippen molar-refractivity contribution in [3.63, 3.8) is 0 Å². The normalized spacial score (nSPS) is 19.1. The van der Waals surface area contributed by atoms with Crippen molar-refractivity contribution in [2.24, 2.45) is 0 Å². The van der Waals surface area contributed by atoms with Crippen molar-refractivity contribution >= 4 is 15.9 Å². The van der Waals surface area contributed by atoms with Crippen molar-refractivity contribution in [3.8, 4) is 0 Å². The molecule has 20 heavy (non-hydrogen) atoms. The van der Waals surface area contributed by atoms with Crippen molar-refractivity contribution in [2.75, 3.05) is 39.6 Å². The molecule has 0 bridgehead atoms. The lowest BCUT2D eigenvalue weighted by Crippen LogP contribution is -2.57. The Bertz CT molecular complexity index is 401. The monoisotopic (exact) mass is 338 g/mol. The average molecular weight is 339 g/mol. The predicted molar refractivity (Wildman–Crippen MR) is 90.7 cm³/mol. The smallest absolute Gasteiger partial charge is 0.0330 e. The number of benzene rings is 1. The molecule has 0 heterocycles. The molecule has 112 valence electrons. The third-order valence-electron chi connectivity index (χ3n) is 4.79. The second kappa shape index (κ2) is 7.06. The maximum Gasteiger partial charge on any atom is 0.0330 e. The molecule has 1 aliphatic rings. The summed E-state index contributed by atoms with van der Waals surface area (Å²) < 4.78 is 0. The standard InChI is InChI=1S/C17H27BrN2/c1-19(2)17(10-7-11-17)14-20(3)13-16(12-18)15-8-5-4-6-9-15/h4-6,8-9,16H,7,10-14H2,1-3H3. The van der Waals surface area contributed by atoms with Crippen LogP contribution >= 0.6 is 15.9 Å². The van der Waals surface area contributed by atoms with Crippen LogP contribution in [-0.2, 0) is 0 Å². The maximum absolute atomic E-state index is 3.68. The molecule has 1 saturated carbocycles. The molecule has 0 N–H and O–H groups in total. The van der Waals surface area contributed by atoms with E-state index in [1.807, 2.05) is 0 Å². The van der Waals surface area contributed by atoms with E-state index in [1.54, 1.807) is 0 Å². The van der Waals surface area contributed by atoms with Gasteiger partial charge in [0, 0.05) is 29.9 Å². The third-order valence-corrected chi connectivity index (χ3v) is 5.57. The van der Waals surface area contributed by atoms with Gasteiger partial charge in [0.1, 0.15) is 0 Å². The van der Waals surface area contributed by atoms with Gasteiger partial charge >= 0.3 is 0 Å². The van der Waals surface area contributed by atoms with Crippen molar-refractivity contribution < 1.29 is 0 Å². The van der Waals surface area contributed by atoms with Crippen LogP contribution in [0.15, 0.2) is 30.3 Å². The van der Waals surface area contributed by atoms with Crippen molar-refractivity contribution in [3.05, 3.63) is 35.9 Å². The Kier molecular flexibility index (Phi) is 5.65. The summed E-state index contributed by atoms with van der Waals surface area (Å²) in [4.78, 5) is 4.94. The summed E-state index contributed by atoms with van der Waals surface area (Å²) in [7, 11) is 6.72. The van der Waals surface area contributed by atoms with E-state index in [4.69, 9.17) is 0 Å². The quantitative estimate of drug-likeness (QED) is 0.701. The second-order valence-electron chi connectivity index (χ2n) is 6.43.